The number of carbonyl (C=O) groups is 1. The van der Waals surface area contributed by atoms with Gasteiger partial charge in [0, 0.05) is 17.3 Å². The highest BCUT2D eigenvalue weighted by atomic mass is 32.2. The molecule has 0 amide bonds. The third-order valence-electron chi connectivity index (χ3n) is 5.61. The van der Waals surface area contributed by atoms with Crippen molar-refractivity contribution in [1.29, 1.82) is 0 Å². The summed E-state index contributed by atoms with van der Waals surface area (Å²) in [7, 11) is -3.37. The van der Waals surface area contributed by atoms with Crippen LogP contribution in [-0.2, 0) is 10.1 Å². The number of methoxy groups -OCH3 is 1. The summed E-state index contributed by atoms with van der Waals surface area (Å²) in [5, 5.41) is 21.4. The van der Waals surface area contributed by atoms with Crippen molar-refractivity contribution in [2.24, 2.45) is 15.3 Å². The van der Waals surface area contributed by atoms with E-state index < -0.39 is 26.5 Å². The number of anilines is 2. The fraction of sp³-hybridized carbons (Fsp3) is 0.154. The van der Waals surface area contributed by atoms with Crippen molar-refractivity contribution in [2.45, 2.75) is 6.92 Å². The number of carbonyl (C=O) groups excluding carboxylic acids is 1. The van der Waals surface area contributed by atoms with Crippen LogP contribution in [0.5, 0.6) is 11.5 Å². The van der Waals surface area contributed by atoms with Crippen LogP contribution in [-0.4, -0.2) is 49.9 Å². The minimum atomic E-state index is -4.79. The third kappa shape index (κ3) is 6.29. The number of Topliss-reactive ketones (excluding diaryl/α,β-unsaturated/α-hetero) is 1. The fourth-order valence-electron chi connectivity index (χ4n) is 3.70. The van der Waals surface area contributed by atoms with E-state index in [0.717, 1.165) is 6.08 Å². The number of aliphatic hydroxyl groups excluding tert-OH is 1. The Kier molecular flexibility index (Phi) is 8.04. The van der Waals surface area contributed by atoms with Gasteiger partial charge < -0.3 is 20.3 Å². The van der Waals surface area contributed by atoms with Crippen LogP contribution in [0.2, 0.25) is 0 Å². The molecule has 0 aliphatic heterocycles. The number of fused-ring (bicyclic) bond motifs is 1. The summed E-state index contributed by atoms with van der Waals surface area (Å²) < 4.78 is 44.6. The Morgan fingerprint density at radius 2 is 1.79 bits per heavy atom. The van der Waals surface area contributed by atoms with Crippen molar-refractivity contribution < 1.29 is 32.3 Å². The molecule has 1 aliphatic carbocycles. The Labute approximate surface area is 224 Å². The number of hydrogen-bond donors (Lipinski definition) is 4. The average molecular weight is 552 g/mol. The quantitative estimate of drug-likeness (QED) is 0.130. The molecule has 0 atom stereocenters. The van der Waals surface area contributed by atoms with E-state index in [2.05, 4.69) is 20.8 Å². The number of hydrazone groups is 1. The van der Waals surface area contributed by atoms with Crippen LogP contribution in [0.25, 0.3) is 6.08 Å². The maximum atomic E-state index is 13.1. The van der Waals surface area contributed by atoms with E-state index in [9.17, 15) is 17.8 Å². The van der Waals surface area contributed by atoms with Gasteiger partial charge in [0.1, 0.15) is 23.0 Å². The lowest BCUT2D eigenvalue weighted by atomic mass is 9.94. The number of aliphatic hydroxyl groups is 1. The number of benzene rings is 3. The number of azo groups is 1. The van der Waals surface area contributed by atoms with Crippen LogP contribution in [0.1, 0.15) is 21.5 Å². The normalized spacial score (nSPS) is 14.3. The lowest BCUT2D eigenvalue weighted by molar-refractivity contribution is 0.106. The van der Waals surface area contributed by atoms with Crippen molar-refractivity contribution in [2.75, 3.05) is 31.5 Å². The van der Waals surface area contributed by atoms with Crippen LogP contribution in [0.4, 0.5) is 22.7 Å². The van der Waals surface area contributed by atoms with Gasteiger partial charge >= 0.3 is 0 Å². The molecule has 4 rings (SSSR count). The molecule has 0 spiro atoms. The minimum Gasteiger partial charge on any atom is -0.494 e. The molecule has 0 aromatic heterocycles. The molecule has 5 N–H and O–H groups in total. The number of hydrogen-bond acceptors (Lipinski definition) is 11. The summed E-state index contributed by atoms with van der Waals surface area (Å²) in [5.41, 5.74) is 10.7. The zero-order chi connectivity index (χ0) is 28.2. The van der Waals surface area contributed by atoms with Crippen molar-refractivity contribution >= 4 is 50.4 Å². The Balaban J connectivity index is 1.62. The van der Waals surface area contributed by atoms with Crippen LogP contribution in [0.3, 0.4) is 0 Å². The number of ketones is 1. The lowest BCUT2D eigenvalue weighted by Crippen LogP contribution is -2.27. The molecule has 12 nitrogen and oxygen atoms in total. The van der Waals surface area contributed by atoms with Crippen LogP contribution in [0.15, 0.2) is 74.8 Å². The van der Waals surface area contributed by atoms with Crippen LogP contribution < -0.4 is 20.6 Å². The molecule has 13 heteroatoms. The first-order chi connectivity index (χ1) is 18.6. The highest BCUT2D eigenvalue weighted by Gasteiger charge is 2.33. The maximum absolute atomic E-state index is 13.1. The Bertz CT molecular complexity index is 1610. The number of nitrogen functional groups attached to an aromatic ring is 1. The Morgan fingerprint density at radius 3 is 2.46 bits per heavy atom. The molecule has 0 fully saturated rings. The number of nitrogens with two attached hydrogens (primary N) is 1. The van der Waals surface area contributed by atoms with Gasteiger partial charge in [-0.3, -0.25) is 14.8 Å². The Morgan fingerprint density at radius 1 is 1.05 bits per heavy atom. The SMILES string of the molecule is COc1cc(/N=N/c2ccc(OCCO)cc2)c(C)cc1N/N=C1\C(=O)c2ccc(N)cc2C=C1S(=O)(=O)O. The smallest absolute Gasteiger partial charge is 0.296 e. The third-order valence-corrected chi connectivity index (χ3v) is 6.48. The molecule has 39 heavy (non-hydrogen) atoms. The predicted octanol–water partition coefficient (Wildman–Crippen LogP) is 4.27. The first-order valence-electron chi connectivity index (χ1n) is 11.5. The van der Waals surface area contributed by atoms with Gasteiger partial charge in [0.2, 0.25) is 5.78 Å². The molecule has 3 aromatic carbocycles. The molecule has 0 heterocycles. The molecule has 0 radical (unpaired) electrons. The Hall–Kier alpha value is -4.59. The predicted molar refractivity (Wildman–Crippen MR) is 147 cm³/mol. The molecule has 3 aromatic rings. The number of aryl methyl sites for hydroxylation is 1. The second-order valence-corrected chi connectivity index (χ2v) is 9.73. The monoisotopic (exact) mass is 551 g/mol. The van der Waals surface area contributed by atoms with Gasteiger partial charge in [-0.1, -0.05) is 0 Å². The molecule has 0 saturated carbocycles. The summed E-state index contributed by atoms with van der Waals surface area (Å²) in [6.45, 7) is 1.88. The van der Waals surface area contributed by atoms with E-state index in [4.69, 9.17) is 20.3 Å². The van der Waals surface area contributed by atoms with Gasteiger partial charge in [0.15, 0.2) is 5.71 Å². The fourth-order valence-corrected chi connectivity index (χ4v) is 4.36. The van der Waals surface area contributed by atoms with Gasteiger partial charge in [-0.15, -0.1) is 0 Å². The molecular formula is C26H25N5O7S. The summed E-state index contributed by atoms with van der Waals surface area (Å²) in [4.78, 5) is 12.4. The van der Waals surface area contributed by atoms with Gasteiger partial charge in [-0.2, -0.15) is 23.7 Å². The molecule has 0 bridgehead atoms. The number of nitrogens with zero attached hydrogens (tertiary/aromatic N) is 3. The first kappa shape index (κ1) is 27.4. The van der Waals surface area contributed by atoms with Gasteiger partial charge in [-0.05, 0) is 72.7 Å². The molecule has 0 unspecified atom stereocenters. The number of nitrogens with one attached hydrogen (secondary N) is 1. The maximum Gasteiger partial charge on any atom is 0.296 e. The highest BCUT2D eigenvalue weighted by molar-refractivity contribution is 7.91. The standard InChI is InChI=1S/C26H25N5O7S/c1-15-11-22(23(37-2)14-21(15)29-28-18-4-6-19(7-5-18)38-10-9-32)30-31-25-24(39(34,35)36)13-16-12-17(27)3-8-20(16)26(25)33/h3-8,11-14,30,32H,9-10,27H2,1-2H3,(H,34,35,36)/b29-28+,31-25-. The molecule has 202 valence electrons. The van der Waals surface area contributed by atoms with E-state index in [1.165, 1.54) is 25.3 Å². The van der Waals surface area contributed by atoms with E-state index in [0.29, 0.717) is 39.8 Å². The zero-order valence-corrected chi connectivity index (χ0v) is 21.8. The summed E-state index contributed by atoms with van der Waals surface area (Å²) in [5.74, 6) is 0.177. The number of rotatable bonds is 9. The van der Waals surface area contributed by atoms with Crippen molar-refractivity contribution in [3.05, 3.63) is 76.2 Å². The first-order valence-corrected chi connectivity index (χ1v) is 13.0. The van der Waals surface area contributed by atoms with E-state index >= 15 is 0 Å². The van der Waals surface area contributed by atoms with Crippen molar-refractivity contribution in [3.63, 3.8) is 0 Å². The van der Waals surface area contributed by atoms with E-state index in [1.807, 2.05) is 0 Å². The van der Waals surface area contributed by atoms with Gasteiger partial charge in [0.25, 0.3) is 10.1 Å². The average Bonchev–Trinajstić information content (AvgIpc) is 2.90. The number of allylic oxidation sites excluding steroid dienone is 1. The summed E-state index contributed by atoms with van der Waals surface area (Å²) in [6.07, 6.45) is 1.14. The topological polar surface area (TPSA) is 185 Å². The lowest BCUT2D eigenvalue weighted by Gasteiger charge is -2.17. The second kappa shape index (κ2) is 11.4. The largest absolute Gasteiger partial charge is 0.494 e. The van der Waals surface area contributed by atoms with Crippen LogP contribution in [0, 0.1) is 6.92 Å². The zero-order valence-electron chi connectivity index (χ0n) is 21.0. The molecule has 1 aliphatic rings. The van der Waals surface area contributed by atoms with E-state index in [-0.39, 0.29) is 24.3 Å². The summed E-state index contributed by atoms with van der Waals surface area (Å²) in [6, 6.07) is 14.5. The molecule has 0 saturated heterocycles. The van der Waals surface area contributed by atoms with Gasteiger partial charge in [0.05, 0.1) is 30.8 Å². The number of ether oxygens (including phenoxy) is 2. The second-order valence-electron chi connectivity index (χ2n) is 8.34. The molecular weight excluding hydrogens is 526 g/mol. The van der Waals surface area contributed by atoms with Crippen LogP contribution >= 0.6 is 0 Å². The van der Waals surface area contributed by atoms with Crippen molar-refractivity contribution in [1.82, 2.24) is 0 Å². The summed E-state index contributed by atoms with van der Waals surface area (Å²) >= 11 is 0. The van der Waals surface area contributed by atoms with Gasteiger partial charge in [-0.25, -0.2) is 0 Å². The highest BCUT2D eigenvalue weighted by Crippen LogP contribution is 2.34. The van der Waals surface area contributed by atoms with E-state index in [1.54, 1.807) is 43.3 Å². The minimum absolute atomic E-state index is 0.0851. The van der Waals surface area contributed by atoms with Crippen molar-refractivity contribution in [3.8, 4) is 11.5 Å².